The fourth-order valence-corrected chi connectivity index (χ4v) is 3.40. The van der Waals surface area contributed by atoms with Crippen molar-refractivity contribution in [3.8, 4) is 0 Å². The van der Waals surface area contributed by atoms with Gasteiger partial charge in [0.2, 0.25) is 11.8 Å². The lowest BCUT2D eigenvalue weighted by Gasteiger charge is -2.32. The van der Waals surface area contributed by atoms with Crippen LogP contribution in [0.15, 0.2) is 0 Å². The molecule has 0 radical (unpaired) electrons. The normalized spacial score (nSPS) is 31.4. The number of hydrogen-bond acceptors (Lipinski definition) is 3. The van der Waals surface area contributed by atoms with E-state index < -0.39 is 0 Å². The van der Waals surface area contributed by atoms with Gasteiger partial charge in [-0.15, -0.1) is 0 Å². The van der Waals surface area contributed by atoms with E-state index >= 15 is 0 Å². The number of nitrogens with one attached hydrogen (secondary N) is 1. The van der Waals surface area contributed by atoms with Gasteiger partial charge in [0.25, 0.3) is 0 Å². The molecule has 1 aliphatic heterocycles. The van der Waals surface area contributed by atoms with Gasteiger partial charge in [-0.2, -0.15) is 0 Å². The summed E-state index contributed by atoms with van der Waals surface area (Å²) in [7, 11) is 2.08. The first-order valence-electron chi connectivity index (χ1n) is 7.93. The Hall–Kier alpha value is -1.10. The zero-order chi connectivity index (χ0) is 14.1. The molecule has 0 bridgehead atoms. The minimum absolute atomic E-state index is 0.0418. The number of carbonyl (C=O) groups excluding carboxylic acids is 2. The van der Waals surface area contributed by atoms with Gasteiger partial charge < -0.3 is 15.1 Å². The molecule has 2 aliphatic carbocycles. The second-order valence-corrected chi connectivity index (χ2v) is 6.57. The summed E-state index contributed by atoms with van der Waals surface area (Å²) in [5.74, 6) is 0.219. The van der Waals surface area contributed by atoms with Crippen LogP contribution in [-0.4, -0.2) is 60.9 Å². The van der Waals surface area contributed by atoms with Crippen LogP contribution in [0.1, 0.15) is 32.1 Å². The number of piperazine rings is 1. The van der Waals surface area contributed by atoms with Crippen molar-refractivity contribution in [3.63, 3.8) is 0 Å². The molecule has 2 saturated carbocycles. The van der Waals surface area contributed by atoms with E-state index in [-0.39, 0.29) is 23.7 Å². The van der Waals surface area contributed by atoms with Crippen molar-refractivity contribution in [2.75, 3.05) is 33.2 Å². The first kappa shape index (κ1) is 13.9. The predicted molar refractivity (Wildman–Crippen MR) is 76.1 cm³/mol. The summed E-state index contributed by atoms with van der Waals surface area (Å²) in [6.45, 7) is 3.50. The van der Waals surface area contributed by atoms with E-state index in [1.807, 2.05) is 4.90 Å². The number of amides is 2. The summed E-state index contributed by atoms with van der Waals surface area (Å²) >= 11 is 0. The molecule has 1 saturated heterocycles. The van der Waals surface area contributed by atoms with E-state index in [0.717, 1.165) is 45.4 Å². The maximum absolute atomic E-state index is 12.3. The molecular weight excluding hydrogens is 254 g/mol. The Kier molecular flexibility index (Phi) is 3.96. The van der Waals surface area contributed by atoms with Gasteiger partial charge in [0.15, 0.2) is 0 Å². The Morgan fingerprint density at radius 2 is 1.65 bits per heavy atom. The number of rotatable bonds is 3. The predicted octanol–water partition coefficient (Wildman–Crippen LogP) is 0.455. The average molecular weight is 279 g/mol. The average Bonchev–Trinajstić information content (AvgIpc) is 3.10. The Morgan fingerprint density at radius 1 is 1.00 bits per heavy atom. The smallest absolute Gasteiger partial charge is 0.226 e. The van der Waals surface area contributed by atoms with Gasteiger partial charge in [-0.3, -0.25) is 9.59 Å². The van der Waals surface area contributed by atoms with Gasteiger partial charge in [0.05, 0.1) is 11.8 Å². The van der Waals surface area contributed by atoms with Crippen LogP contribution < -0.4 is 5.32 Å². The standard InChI is InChI=1S/C15H25N3O2/c1-17-6-8-18(9-7-17)15(20)13-10-12(13)14(19)16-11-4-2-3-5-11/h11-13H,2-10H2,1H3,(H,16,19). The summed E-state index contributed by atoms with van der Waals surface area (Å²) in [6, 6.07) is 0.363. The van der Waals surface area contributed by atoms with E-state index in [1.165, 1.54) is 12.8 Å². The number of carbonyl (C=O) groups is 2. The molecule has 0 aromatic heterocycles. The zero-order valence-electron chi connectivity index (χ0n) is 12.3. The zero-order valence-corrected chi connectivity index (χ0v) is 12.3. The Labute approximate surface area is 120 Å². The van der Waals surface area contributed by atoms with Crippen LogP contribution in [-0.2, 0) is 9.59 Å². The van der Waals surface area contributed by atoms with Crippen LogP contribution >= 0.6 is 0 Å². The topological polar surface area (TPSA) is 52.7 Å². The molecule has 2 amide bonds. The monoisotopic (exact) mass is 279 g/mol. The molecular formula is C15H25N3O2. The van der Waals surface area contributed by atoms with Crippen LogP contribution in [0.2, 0.25) is 0 Å². The van der Waals surface area contributed by atoms with Crippen molar-refractivity contribution in [2.24, 2.45) is 11.8 Å². The molecule has 0 aromatic rings. The summed E-state index contributed by atoms with van der Waals surface area (Å²) in [5, 5.41) is 3.12. The second-order valence-electron chi connectivity index (χ2n) is 6.57. The number of hydrogen-bond donors (Lipinski definition) is 1. The van der Waals surface area contributed by atoms with Gasteiger partial charge in [0.1, 0.15) is 0 Å². The van der Waals surface area contributed by atoms with Crippen molar-refractivity contribution in [2.45, 2.75) is 38.1 Å². The Bertz CT molecular complexity index is 385. The number of nitrogens with zero attached hydrogens (tertiary/aromatic N) is 2. The molecule has 0 aromatic carbocycles. The lowest BCUT2D eigenvalue weighted by Crippen LogP contribution is -2.48. The quantitative estimate of drug-likeness (QED) is 0.816. The van der Waals surface area contributed by atoms with E-state index in [9.17, 15) is 9.59 Å². The minimum Gasteiger partial charge on any atom is -0.353 e. The molecule has 112 valence electrons. The van der Waals surface area contributed by atoms with Crippen molar-refractivity contribution in [1.29, 1.82) is 0 Å². The highest BCUT2D eigenvalue weighted by atomic mass is 16.2. The fourth-order valence-electron chi connectivity index (χ4n) is 3.40. The molecule has 3 aliphatic rings. The first-order valence-corrected chi connectivity index (χ1v) is 7.93. The van der Waals surface area contributed by atoms with Crippen LogP contribution in [0, 0.1) is 11.8 Å². The lowest BCUT2D eigenvalue weighted by atomic mass is 10.2. The van der Waals surface area contributed by atoms with Crippen molar-refractivity contribution in [3.05, 3.63) is 0 Å². The highest BCUT2D eigenvalue weighted by Gasteiger charge is 2.49. The van der Waals surface area contributed by atoms with E-state index in [2.05, 4.69) is 17.3 Å². The Balaban J connectivity index is 1.45. The summed E-state index contributed by atoms with van der Waals surface area (Å²) in [6.07, 6.45) is 5.41. The largest absolute Gasteiger partial charge is 0.353 e. The van der Waals surface area contributed by atoms with Crippen LogP contribution in [0.25, 0.3) is 0 Å². The SMILES string of the molecule is CN1CCN(C(=O)C2CC2C(=O)NC2CCCC2)CC1. The fraction of sp³-hybridized carbons (Fsp3) is 0.867. The van der Waals surface area contributed by atoms with E-state index in [4.69, 9.17) is 0 Å². The van der Waals surface area contributed by atoms with Gasteiger partial charge in [-0.1, -0.05) is 12.8 Å². The maximum atomic E-state index is 12.3. The van der Waals surface area contributed by atoms with Crippen molar-refractivity contribution in [1.82, 2.24) is 15.1 Å². The van der Waals surface area contributed by atoms with Gasteiger partial charge in [-0.25, -0.2) is 0 Å². The third-order valence-corrected chi connectivity index (χ3v) is 4.96. The van der Waals surface area contributed by atoms with Gasteiger partial charge >= 0.3 is 0 Å². The van der Waals surface area contributed by atoms with Crippen molar-refractivity contribution < 1.29 is 9.59 Å². The highest BCUT2D eigenvalue weighted by Crippen LogP contribution is 2.40. The van der Waals surface area contributed by atoms with Gasteiger partial charge in [-0.05, 0) is 26.3 Å². The first-order chi connectivity index (χ1) is 9.65. The molecule has 1 heterocycles. The molecule has 2 atom stereocenters. The molecule has 20 heavy (non-hydrogen) atoms. The van der Waals surface area contributed by atoms with Crippen LogP contribution in [0.3, 0.4) is 0 Å². The minimum atomic E-state index is -0.0530. The van der Waals surface area contributed by atoms with Crippen LogP contribution in [0.5, 0.6) is 0 Å². The summed E-state index contributed by atoms with van der Waals surface area (Å²) in [4.78, 5) is 28.6. The maximum Gasteiger partial charge on any atom is 0.226 e. The Morgan fingerprint density at radius 3 is 2.30 bits per heavy atom. The molecule has 1 N–H and O–H groups in total. The van der Waals surface area contributed by atoms with Gasteiger partial charge in [0, 0.05) is 32.2 Å². The summed E-state index contributed by atoms with van der Waals surface area (Å²) in [5.41, 5.74) is 0. The summed E-state index contributed by atoms with van der Waals surface area (Å²) < 4.78 is 0. The van der Waals surface area contributed by atoms with Crippen molar-refractivity contribution >= 4 is 11.8 Å². The van der Waals surface area contributed by atoms with Crippen LogP contribution in [0.4, 0.5) is 0 Å². The molecule has 0 spiro atoms. The molecule has 5 nitrogen and oxygen atoms in total. The third kappa shape index (κ3) is 2.97. The molecule has 5 heteroatoms. The van der Waals surface area contributed by atoms with E-state index in [0.29, 0.717) is 6.04 Å². The molecule has 3 fully saturated rings. The second kappa shape index (κ2) is 5.72. The third-order valence-electron chi connectivity index (χ3n) is 4.96. The lowest BCUT2D eigenvalue weighted by molar-refractivity contribution is -0.136. The molecule has 3 rings (SSSR count). The highest BCUT2D eigenvalue weighted by molar-refractivity contribution is 5.92. The number of likely N-dealkylation sites (N-methyl/N-ethyl adjacent to an activating group) is 1. The molecule has 2 unspecified atom stereocenters. The van der Waals surface area contributed by atoms with E-state index in [1.54, 1.807) is 0 Å².